The highest BCUT2D eigenvalue weighted by molar-refractivity contribution is 8.14. The number of hydrogen-bond acceptors (Lipinski definition) is 5. The maximum Gasteiger partial charge on any atom is 0.271 e. The molecule has 7 heteroatoms. The number of benzene rings is 1. The molecule has 6 nitrogen and oxygen atoms in total. The van der Waals surface area contributed by atoms with Gasteiger partial charge in [-0.05, 0) is 32.0 Å². The van der Waals surface area contributed by atoms with Crippen LogP contribution in [0.3, 0.4) is 0 Å². The van der Waals surface area contributed by atoms with Crippen LogP contribution in [0.4, 0.5) is 5.69 Å². The Kier molecular flexibility index (Phi) is 4.29. The Morgan fingerprint density at radius 3 is 2.79 bits per heavy atom. The topological polar surface area (TPSA) is 62.2 Å². The van der Waals surface area contributed by atoms with Crippen molar-refractivity contribution in [3.05, 3.63) is 23.8 Å². The second-order valence-corrected chi connectivity index (χ2v) is 7.59. The van der Waals surface area contributed by atoms with E-state index in [9.17, 15) is 9.59 Å². The van der Waals surface area contributed by atoms with Crippen molar-refractivity contribution in [2.45, 2.75) is 19.4 Å². The highest BCUT2D eigenvalue weighted by Gasteiger charge is 2.42. The Labute approximate surface area is 145 Å². The molecule has 0 bridgehead atoms. The van der Waals surface area contributed by atoms with Crippen LogP contribution in [0.15, 0.2) is 23.2 Å². The standard InChI is InChI=1S/C17H21N3O3S/c1-17(2)16(22)20(10-14(21)19(3)4)12-9-11(5-6-13(12)23-17)15-18-7-8-24-15/h5-6,9H,7-8,10H2,1-4H3. The summed E-state index contributed by atoms with van der Waals surface area (Å²) in [5.41, 5.74) is 0.581. The fourth-order valence-corrected chi connectivity index (χ4v) is 3.50. The van der Waals surface area contributed by atoms with Crippen molar-refractivity contribution in [1.82, 2.24) is 4.90 Å². The molecule has 0 N–H and O–H groups in total. The number of thioether (sulfide) groups is 1. The van der Waals surface area contributed by atoms with Gasteiger partial charge in [0.25, 0.3) is 5.91 Å². The van der Waals surface area contributed by atoms with Gasteiger partial charge in [0.05, 0.1) is 10.7 Å². The van der Waals surface area contributed by atoms with Crippen molar-refractivity contribution in [2.24, 2.45) is 4.99 Å². The molecule has 0 spiro atoms. The molecule has 0 radical (unpaired) electrons. The number of aliphatic imine (C=N–C) groups is 1. The molecular weight excluding hydrogens is 326 g/mol. The molecule has 0 aliphatic carbocycles. The van der Waals surface area contributed by atoms with Crippen LogP contribution in [0.5, 0.6) is 5.75 Å². The predicted molar refractivity (Wildman–Crippen MR) is 96.1 cm³/mol. The van der Waals surface area contributed by atoms with Crippen LogP contribution in [0.1, 0.15) is 19.4 Å². The highest BCUT2D eigenvalue weighted by Crippen LogP contribution is 2.39. The summed E-state index contributed by atoms with van der Waals surface area (Å²) in [6, 6.07) is 5.70. The second kappa shape index (κ2) is 6.12. The van der Waals surface area contributed by atoms with Crippen molar-refractivity contribution < 1.29 is 14.3 Å². The first-order valence-electron chi connectivity index (χ1n) is 7.82. The molecule has 128 valence electrons. The quantitative estimate of drug-likeness (QED) is 0.836. The molecule has 2 aliphatic rings. The first kappa shape index (κ1) is 16.8. The van der Waals surface area contributed by atoms with Crippen LogP contribution in [-0.4, -0.2) is 60.3 Å². The van der Waals surface area contributed by atoms with Crippen molar-refractivity contribution in [2.75, 3.05) is 37.8 Å². The van der Waals surface area contributed by atoms with E-state index in [4.69, 9.17) is 4.74 Å². The van der Waals surface area contributed by atoms with E-state index < -0.39 is 5.60 Å². The van der Waals surface area contributed by atoms with Gasteiger partial charge < -0.3 is 9.64 Å². The first-order valence-corrected chi connectivity index (χ1v) is 8.81. The van der Waals surface area contributed by atoms with Gasteiger partial charge in [0, 0.05) is 32.0 Å². The zero-order valence-electron chi connectivity index (χ0n) is 14.3. The minimum Gasteiger partial charge on any atom is -0.476 e. The first-order chi connectivity index (χ1) is 11.3. The Morgan fingerprint density at radius 1 is 1.42 bits per heavy atom. The molecule has 0 saturated heterocycles. The van der Waals surface area contributed by atoms with E-state index in [2.05, 4.69) is 4.99 Å². The minimum atomic E-state index is -0.999. The Balaban J connectivity index is 2.02. The van der Waals surface area contributed by atoms with Crippen LogP contribution in [0, 0.1) is 0 Å². The molecule has 1 aromatic rings. The Hall–Kier alpha value is -2.02. The molecule has 2 heterocycles. The van der Waals surface area contributed by atoms with Gasteiger partial charge in [-0.1, -0.05) is 0 Å². The second-order valence-electron chi connectivity index (χ2n) is 6.51. The van der Waals surface area contributed by atoms with Crippen molar-refractivity contribution in [3.8, 4) is 5.75 Å². The lowest BCUT2D eigenvalue weighted by molar-refractivity contribution is -0.135. The molecule has 24 heavy (non-hydrogen) atoms. The molecule has 1 aromatic carbocycles. The molecule has 0 unspecified atom stereocenters. The maximum absolute atomic E-state index is 12.8. The van der Waals surface area contributed by atoms with Crippen LogP contribution in [0.25, 0.3) is 0 Å². The van der Waals surface area contributed by atoms with Crippen molar-refractivity contribution in [3.63, 3.8) is 0 Å². The van der Waals surface area contributed by atoms with E-state index in [0.717, 1.165) is 22.9 Å². The molecule has 3 rings (SSSR count). The van der Waals surface area contributed by atoms with Gasteiger partial charge in [-0.2, -0.15) is 0 Å². The average molecular weight is 347 g/mol. The number of ether oxygens (including phenoxy) is 1. The monoisotopic (exact) mass is 347 g/mol. The summed E-state index contributed by atoms with van der Waals surface area (Å²) in [6.07, 6.45) is 0. The van der Waals surface area contributed by atoms with Crippen LogP contribution < -0.4 is 9.64 Å². The maximum atomic E-state index is 12.8. The summed E-state index contributed by atoms with van der Waals surface area (Å²) in [6.45, 7) is 4.24. The number of anilines is 1. The molecule has 2 amide bonds. The number of nitrogens with zero attached hydrogens (tertiary/aromatic N) is 3. The normalized spacial score (nSPS) is 18.8. The lowest BCUT2D eigenvalue weighted by atomic mass is 10.0. The van der Waals surface area contributed by atoms with Crippen molar-refractivity contribution >= 4 is 34.3 Å². The van der Waals surface area contributed by atoms with Crippen LogP contribution in [-0.2, 0) is 9.59 Å². The highest BCUT2D eigenvalue weighted by atomic mass is 32.2. The van der Waals surface area contributed by atoms with Crippen LogP contribution in [0.2, 0.25) is 0 Å². The van der Waals surface area contributed by atoms with Gasteiger partial charge in [0.15, 0.2) is 5.60 Å². The molecule has 2 aliphatic heterocycles. The van der Waals surface area contributed by atoms with E-state index in [1.807, 2.05) is 18.2 Å². The van der Waals surface area contributed by atoms with Gasteiger partial charge in [0.2, 0.25) is 5.91 Å². The lowest BCUT2D eigenvalue weighted by Crippen LogP contribution is -2.54. The summed E-state index contributed by atoms with van der Waals surface area (Å²) in [5, 5.41) is 0.967. The third kappa shape index (κ3) is 3.00. The third-order valence-electron chi connectivity index (χ3n) is 4.00. The summed E-state index contributed by atoms with van der Waals surface area (Å²) < 4.78 is 5.86. The number of likely N-dealkylation sites (N-methyl/N-ethyl adjacent to an activating group) is 1. The van der Waals surface area contributed by atoms with E-state index >= 15 is 0 Å². The van der Waals surface area contributed by atoms with Gasteiger partial charge in [0.1, 0.15) is 12.3 Å². The number of amides is 2. The summed E-state index contributed by atoms with van der Waals surface area (Å²) in [4.78, 5) is 32.5. The van der Waals surface area contributed by atoms with Gasteiger partial charge >= 0.3 is 0 Å². The van der Waals surface area contributed by atoms with E-state index in [0.29, 0.717) is 11.4 Å². The summed E-state index contributed by atoms with van der Waals surface area (Å²) in [7, 11) is 3.36. The molecule has 0 atom stereocenters. The SMILES string of the molecule is CN(C)C(=O)CN1C(=O)C(C)(C)Oc2ccc(C3=NCCS3)cc21. The number of rotatable bonds is 3. The Bertz CT molecular complexity index is 728. The smallest absolute Gasteiger partial charge is 0.271 e. The zero-order valence-corrected chi connectivity index (χ0v) is 15.1. The Morgan fingerprint density at radius 2 is 2.17 bits per heavy atom. The van der Waals surface area contributed by atoms with Gasteiger partial charge in [-0.25, -0.2) is 0 Å². The number of carbonyl (C=O) groups is 2. The number of fused-ring (bicyclic) bond motifs is 1. The van der Waals surface area contributed by atoms with Crippen molar-refractivity contribution in [1.29, 1.82) is 0 Å². The average Bonchev–Trinajstić information content (AvgIpc) is 3.05. The molecular formula is C17H21N3O3S. The summed E-state index contributed by atoms with van der Waals surface area (Å²) in [5.74, 6) is 1.23. The van der Waals surface area contributed by atoms with Gasteiger partial charge in [-0.15, -0.1) is 11.8 Å². The number of hydrogen-bond donors (Lipinski definition) is 0. The lowest BCUT2D eigenvalue weighted by Gasteiger charge is -2.39. The zero-order chi connectivity index (χ0) is 17.5. The summed E-state index contributed by atoms with van der Waals surface area (Å²) >= 11 is 1.70. The minimum absolute atomic E-state index is 0.00526. The van der Waals surface area contributed by atoms with E-state index in [-0.39, 0.29) is 18.4 Å². The molecule has 0 fully saturated rings. The fourth-order valence-electron chi connectivity index (χ4n) is 2.64. The van der Waals surface area contributed by atoms with E-state index in [1.54, 1.807) is 39.7 Å². The van der Waals surface area contributed by atoms with Gasteiger partial charge in [-0.3, -0.25) is 19.5 Å². The van der Waals surface area contributed by atoms with Crippen LogP contribution >= 0.6 is 11.8 Å². The fraction of sp³-hybridized carbons (Fsp3) is 0.471. The number of carbonyl (C=O) groups excluding carboxylic acids is 2. The third-order valence-corrected chi connectivity index (χ3v) is 5.02. The predicted octanol–water partition coefficient (Wildman–Crippen LogP) is 1.77. The van der Waals surface area contributed by atoms with E-state index in [1.165, 1.54) is 9.80 Å². The molecule has 0 saturated carbocycles. The largest absolute Gasteiger partial charge is 0.476 e. The molecule has 0 aromatic heterocycles.